The maximum atomic E-state index is 12.8. The molecule has 0 radical (unpaired) electrons. The highest BCUT2D eigenvalue weighted by Gasteiger charge is 2.24. The second-order valence-electron chi connectivity index (χ2n) is 9.32. The molecule has 2 heterocycles. The van der Waals surface area contributed by atoms with E-state index >= 15 is 0 Å². The normalized spacial score (nSPS) is 18.2. The van der Waals surface area contributed by atoms with Crippen LogP contribution in [0.5, 0.6) is 0 Å². The van der Waals surface area contributed by atoms with E-state index in [-0.39, 0.29) is 24.2 Å². The summed E-state index contributed by atoms with van der Waals surface area (Å²) in [6.07, 6.45) is 4.51. The number of tetrazole rings is 1. The fraction of sp³-hybridized carbons (Fsp3) is 0.458. The first-order valence-electron chi connectivity index (χ1n) is 11.9. The Morgan fingerprint density at radius 2 is 1.89 bits per heavy atom. The number of amides is 1. The zero-order valence-electron chi connectivity index (χ0n) is 20.4. The summed E-state index contributed by atoms with van der Waals surface area (Å²) in [5.41, 5.74) is 3.24. The monoisotopic (exact) mass is 513 g/mol. The average Bonchev–Trinajstić information content (AvgIpc) is 3.31. The molecular formula is C24H31N7O4S. The Balaban J connectivity index is 1.37. The number of carbonyl (C=O) groups is 1. The number of aliphatic hydroxyl groups excluding tert-OH is 1. The van der Waals surface area contributed by atoms with Crippen molar-refractivity contribution < 1.29 is 18.3 Å². The Hall–Kier alpha value is -3.22. The molecule has 1 amide bonds. The van der Waals surface area contributed by atoms with E-state index in [0.29, 0.717) is 36.1 Å². The van der Waals surface area contributed by atoms with Gasteiger partial charge in [-0.2, -0.15) is 4.80 Å². The summed E-state index contributed by atoms with van der Waals surface area (Å²) in [5.74, 6) is 0.438. The second kappa shape index (κ2) is 11.2. The highest BCUT2D eigenvalue weighted by Crippen LogP contribution is 2.26. The van der Waals surface area contributed by atoms with E-state index in [0.717, 1.165) is 36.8 Å². The molecule has 3 N–H and O–H groups in total. The van der Waals surface area contributed by atoms with Gasteiger partial charge in [-0.3, -0.25) is 4.79 Å². The first-order chi connectivity index (χ1) is 17.2. The Morgan fingerprint density at radius 3 is 2.61 bits per heavy atom. The lowest BCUT2D eigenvalue weighted by atomic mass is 9.86. The minimum atomic E-state index is -3.19. The lowest BCUT2D eigenvalue weighted by molar-refractivity contribution is 0.0945. The minimum absolute atomic E-state index is 0.0153. The number of hydrogen-bond donors (Lipinski definition) is 3. The van der Waals surface area contributed by atoms with Crippen molar-refractivity contribution in [1.29, 1.82) is 0 Å². The third-order valence-electron chi connectivity index (χ3n) is 6.17. The van der Waals surface area contributed by atoms with Crippen molar-refractivity contribution in [2.24, 2.45) is 5.92 Å². The standard InChI is InChI=1S/C24H31N7O4S/c1-16-10-20(12-22(26-16)24(33)25-13-18-4-3-5-19(11-18)15-32)23-27-30-31(28-23)14-17-6-8-21(9-7-17)29-36(2,34)35/h3-5,10-12,17,21,29,32H,6-9,13-15H2,1-2H3,(H,25,33)/t17-,21-. The molecule has 192 valence electrons. The van der Waals surface area contributed by atoms with Gasteiger partial charge in [0.15, 0.2) is 0 Å². The van der Waals surface area contributed by atoms with Crippen LogP contribution in [0.2, 0.25) is 0 Å². The van der Waals surface area contributed by atoms with Gasteiger partial charge in [0.2, 0.25) is 15.8 Å². The SMILES string of the molecule is Cc1cc(-c2nnn(C[C@H]3CC[C@H](NS(C)(=O)=O)CC3)n2)cc(C(=O)NCc2cccc(CO)c2)n1. The molecule has 1 aliphatic rings. The zero-order valence-corrected chi connectivity index (χ0v) is 21.2. The Kier molecular flexibility index (Phi) is 8.07. The fourth-order valence-electron chi connectivity index (χ4n) is 4.46. The van der Waals surface area contributed by atoms with Crippen LogP contribution in [-0.2, 0) is 29.7 Å². The van der Waals surface area contributed by atoms with Crippen molar-refractivity contribution >= 4 is 15.9 Å². The third kappa shape index (κ3) is 7.15. The van der Waals surface area contributed by atoms with Gasteiger partial charge in [0.1, 0.15) is 5.69 Å². The average molecular weight is 514 g/mol. The number of nitrogens with zero attached hydrogens (tertiary/aromatic N) is 5. The summed E-state index contributed by atoms with van der Waals surface area (Å²) < 4.78 is 25.6. The van der Waals surface area contributed by atoms with Gasteiger partial charge in [0, 0.05) is 23.8 Å². The maximum absolute atomic E-state index is 12.8. The number of benzene rings is 1. The Bertz CT molecular complexity index is 1320. The van der Waals surface area contributed by atoms with E-state index in [4.69, 9.17) is 0 Å². The summed E-state index contributed by atoms with van der Waals surface area (Å²) in [6.45, 7) is 2.66. The topological polar surface area (TPSA) is 152 Å². The largest absolute Gasteiger partial charge is 0.392 e. The number of aromatic nitrogens is 5. The molecule has 0 aliphatic heterocycles. The van der Waals surface area contributed by atoms with E-state index < -0.39 is 10.0 Å². The van der Waals surface area contributed by atoms with E-state index in [1.54, 1.807) is 17.8 Å². The molecule has 11 nitrogen and oxygen atoms in total. The molecule has 0 bridgehead atoms. The lowest BCUT2D eigenvalue weighted by Crippen LogP contribution is -2.37. The molecule has 0 atom stereocenters. The lowest BCUT2D eigenvalue weighted by Gasteiger charge is -2.27. The molecule has 1 aromatic carbocycles. The Morgan fingerprint density at radius 1 is 1.14 bits per heavy atom. The second-order valence-corrected chi connectivity index (χ2v) is 11.1. The van der Waals surface area contributed by atoms with Gasteiger partial charge < -0.3 is 10.4 Å². The number of aliphatic hydroxyl groups is 1. The van der Waals surface area contributed by atoms with Crippen molar-refractivity contribution in [3.63, 3.8) is 0 Å². The number of pyridine rings is 1. The van der Waals surface area contributed by atoms with Crippen LogP contribution in [0.25, 0.3) is 11.4 Å². The number of sulfonamides is 1. The summed E-state index contributed by atoms with van der Waals surface area (Å²) in [6, 6.07) is 10.8. The molecule has 12 heteroatoms. The summed E-state index contributed by atoms with van der Waals surface area (Å²) in [5, 5.41) is 25.0. The van der Waals surface area contributed by atoms with Crippen LogP contribution in [0.4, 0.5) is 0 Å². The van der Waals surface area contributed by atoms with Crippen LogP contribution in [0.15, 0.2) is 36.4 Å². The molecule has 0 unspecified atom stereocenters. The van der Waals surface area contributed by atoms with Gasteiger partial charge in [-0.05, 0) is 67.0 Å². The molecule has 0 spiro atoms. The van der Waals surface area contributed by atoms with Crippen molar-refractivity contribution in [1.82, 2.24) is 35.2 Å². The third-order valence-corrected chi connectivity index (χ3v) is 6.93. The van der Waals surface area contributed by atoms with E-state index in [9.17, 15) is 18.3 Å². The first-order valence-corrected chi connectivity index (χ1v) is 13.8. The fourth-order valence-corrected chi connectivity index (χ4v) is 5.30. The van der Waals surface area contributed by atoms with Gasteiger partial charge in [0.25, 0.3) is 5.91 Å². The molecular weight excluding hydrogens is 482 g/mol. The summed E-state index contributed by atoms with van der Waals surface area (Å²) in [7, 11) is -3.19. The van der Waals surface area contributed by atoms with Crippen molar-refractivity contribution in [3.8, 4) is 11.4 Å². The number of nitrogens with one attached hydrogen (secondary N) is 2. The quantitative estimate of drug-likeness (QED) is 0.390. The molecule has 1 fully saturated rings. The van der Waals surface area contributed by atoms with Crippen molar-refractivity contribution in [2.75, 3.05) is 6.26 Å². The van der Waals surface area contributed by atoms with Crippen molar-refractivity contribution in [2.45, 2.75) is 58.3 Å². The van der Waals surface area contributed by atoms with Crippen LogP contribution < -0.4 is 10.0 Å². The number of hydrogen-bond acceptors (Lipinski definition) is 8. The van der Waals surface area contributed by atoms with Crippen LogP contribution in [-0.4, -0.2) is 56.9 Å². The smallest absolute Gasteiger partial charge is 0.270 e. The van der Waals surface area contributed by atoms with Crippen LogP contribution in [0.3, 0.4) is 0 Å². The van der Waals surface area contributed by atoms with Crippen LogP contribution in [0.1, 0.15) is 53.0 Å². The van der Waals surface area contributed by atoms with Gasteiger partial charge in [0.05, 0.1) is 19.4 Å². The van der Waals surface area contributed by atoms with Gasteiger partial charge in [-0.25, -0.2) is 18.1 Å². The molecule has 36 heavy (non-hydrogen) atoms. The van der Waals surface area contributed by atoms with E-state index in [2.05, 4.69) is 30.4 Å². The highest BCUT2D eigenvalue weighted by atomic mass is 32.2. The number of carbonyl (C=O) groups excluding carboxylic acids is 1. The number of aryl methyl sites for hydroxylation is 1. The predicted octanol–water partition coefficient (Wildman–Crippen LogP) is 1.57. The molecule has 0 saturated heterocycles. The van der Waals surface area contributed by atoms with E-state index in [1.165, 1.54) is 6.26 Å². The minimum Gasteiger partial charge on any atom is -0.392 e. The molecule has 2 aromatic heterocycles. The highest BCUT2D eigenvalue weighted by molar-refractivity contribution is 7.88. The molecule has 1 aliphatic carbocycles. The van der Waals surface area contributed by atoms with Crippen LogP contribution in [0, 0.1) is 12.8 Å². The molecule has 1 saturated carbocycles. The first kappa shape index (κ1) is 25.9. The summed E-state index contributed by atoms with van der Waals surface area (Å²) in [4.78, 5) is 18.7. The van der Waals surface area contributed by atoms with Gasteiger partial charge in [-0.1, -0.05) is 24.3 Å². The van der Waals surface area contributed by atoms with Gasteiger partial charge in [-0.15, -0.1) is 10.2 Å². The summed E-state index contributed by atoms with van der Waals surface area (Å²) >= 11 is 0. The Labute approximate surface area is 210 Å². The predicted molar refractivity (Wildman–Crippen MR) is 133 cm³/mol. The maximum Gasteiger partial charge on any atom is 0.270 e. The zero-order chi connectivity index (χ0) is 25.7. The van der Waals surface area contributed by atoms with Crippen molar-refractivity contribution in [3.05, 3.63) is 58.9 Å². The molecule has 3 aromatic rings. The molecule has 4 rings (SSSR count). The number of rotatable bonds is 9. The van der Waals surface area contributed by atoms with E-state index in [1.807, 2.05) is 30.3 Å². The van der Waals surface area contributed by atoms with Crippen LogP contribution >= 0.6 is 0 Å². The van der Waals surface area contributed by atoms with Gasteiger partial charge >= 0.3 is 0 Å².